The van der Waals surface area contributed by atoms with E-state index >= 15 is 0 Å². The molecule has 0 saturated heterocycles. The Morgan fingerprint density at radius 3 is 3.07 bits per heavy atom. The average molecular weight is 205 g/mol. The molecule has 78 valence electrons. The largest absolute Gasteiger partial charge is 0.478 e. The van der Waals surface area contributed by atoms with Gasteiger partial charge in [0.2, 0.25) is 0 Å². The van der Waals surface area contributed by atoms with Gasteiger partial charge in [0.15, 0.2) is 0 Å². The van der Waals surface area contributed by atoms with Gasteiger partial charge in [-0.1, -0.05) is 6.07 Å². The molecule has 0 fully saturated rings. The fourth-order valence-corrected chi connectivity index (χ4v) is 1.35. The number of benzene rings is 1. The summed E-state index contributed by atoms with van der Waals surface area (Å²) >= 11 is 0. The van der Waals surface area contributed by atoms with Crippen LogP contribution >= 0.6 is 0 Å². The minimum Gasteiger partial charge on any atom is -0.478 e. The van der Waals surface area contributed by atoms with Crippen LogP contribution in [0.4, 0.5) is 5.69 Å². The van der Waals surface area contributed by atoms with Crippen molar-refractivity contribution in [2.75, 3.05) is 18.5 Å². The molecule has 1 aliphatic heterocycles. The van der Waals surface area contributed by atoms with Crippen LogP contribution in [0.3, 0.4) is 0 Å². The molecule has 5 heteroatoms. The first kappa shape index (κ1) is 9.51. The summed E-state index contributed by atoms with van der Waals surface area (Å²) < 4.78 is 0. The molecule has 5 nitrogen and oxygen atoms in total. The SMILES string of the molecule is O=C(O)c1cccc(NN2C=NCC2)c1. The van der Waals surface area contributed by atoms with E-state index in [4.69, 9.17) is 5.11 Å². The monoisotopic (exact) mass is 205 g/mol. The summed E-state index contributed by atoms with van der Waals surface area (Å²) in [5.74, 6) is -0.922. The van der Waals surface area contributed by atoms with Gasteiger partial charge in [-0.3, -0.25) is 15.4 Å². The van der Waals surface area contributed by atoms with Crippen molar-refractivity contribution in [3.05, 3.63) is 29.8 Å². The number of anilines is 1. The maximum Gasteiger partial charge on any atom is 0.335 e. The van der Waals surface area contributed by atoms with Crippen molar-refractivity contribution >= 4 is 18.0 Å². The molecule has 2 N–H and O–H groups in total. The van der Waals surface area contributed by atoms with Gasteiger partial charge in [0, 0.05) is 0 Å². The second-order valence-electron chi connectivity index (χ2n) is 3.21. The summed E-state index contributed by atoms with van der Waals surface area (Å²) in [6.07, 6.45) is 1.70. The van der Waals surface area contributed by atoms with Crippen LogP contribution in [0.5, 0.6) is 0 Å². The Labute approximate surface area is 87.0 Å². The van der Waals surface area contributed by atoms with Crippen LogP contribution in [0.2, 0.25) is 0 Å². The van der Waals surface area contributed by atoms with Crippen LogP contribution in [0.15, 0.2) is 29.3 Å². The number of hydrogen-bond acceptors (Lipinski definition) is 4. The van der Waals surface area contributed by atoms with E-state index in [1.54, 1.807) is 24.5 Å². The lowest BCUT2D eigenvalue weighted by atomic mass is 10.2. The van der Waals surface area contributed by atoms with E-state index in [9.17, 15) is 4.79 Å². The van der Waals surface area contributed by atoms with E-state index in [2.05, 4.69) is 10.4 Å². The number of hydrazine groups is 1. The smallest absolute Gasteiger partial charge is 0.335 e. The summed E-state index contributed by atoms with van der Waals surface area (Å²) in [4.78, 5) is 14.8. The lowest BCUT2D eigenvalue weighted by molar-refractivity contribution is 0.0697. The fraction of sp³-hybridized carbons (Fsp3) is 0.200. The third kappa shape index (κ3) is 2.25. The molecule has 0 radical (unpaired) electrons. The van der Waals surface area contributed by atoms with Crippen molar-refractivity contribution in [1.29, 1.82) is 0 Å². The fourth-order valence-electron chi connectivity index (χ4n) is 1.35. The number of carboxylic acid groups (broad SMARTS) is 1. The first-order valence-corrected chi connectivity index (χ1v) is 4.62. The highest BCUT2D eigenvalue weighted by atomic mass is 16.4. The van der Waals surface area contributed by atoms with Gasteiger partial charge in [-0.15, -0.1) is 0 Å². The normalized spacial score (nSPS) is 14.3. The van der Waals surface area contributed by atoms with Gasteiger partial charge in [-0.05, 0) is 18.2 Å². The Hall–Kier alpha value is -2.04. The van der Waals surface area contributed by atoms with E-state index in [1.165, 1.54) is 0 Å². The summed E-state index contributed by atoms with van der Waals surface area (Å²) in [6.45, 7) is 1.57. The van der Waals surface area contributed by atoms with E-state index in [1.807, 2.05) is 11.1 Å². The molecule has 2 rings (SSSR count). The zero-order valence-electron chi connectivity index (χ0n) is 8.05. The van der Waals surface area contributed by atoms with E-state index in [0.29, 0.717) is 0 Å². The Morgan fingerprint density at radius 1 is 1.53 bits per heavy atom. The number of hydrogen-bond donors (Lipinski definition) is 2. The van der Waals surface area contributed by atoms with Crippen molar-refractivity contribution < 1.29 is 9.90 Å². The molecule has 1 aromatic carbocycles. The first-order valence-electron chi connectivity index (χ1n) is 4.62. The highest BCUT2D eigenvalue weighted by Gasteiger charge is 2.07. The zero-order valence-corrected chi connectivity index (χ0v) is 8.05. The van der Waals surface area contributed by atoms with Gasteiger partial charge in [-0.2, -0.15) is 0 Å². The van der Waals surface area contributed by atoms with Gasteiger partial charge in [0.25, 0.3) is 0 Å². The van der Waals surface area contributed by atoms with E-state index in [-0.39, 0.29) is 5.56 Å². The number of nitrogens with zero attached hydrogens (tertiary/aromatic N) is 2. The van der Waals surface area contributed by atoms with Crippen LogP contribution in [0, 0.1) is 0 Å². The first-order chi connectivity index (χ1) is 7.25. The van der Waals surface area contributed by atoms with E-state index in [0.717, 1.165) is 18.8 Å². The van der Waals surface area contributed by atoms with Crippen molar-refractivity contribution in [2.45, 2.75) is 0 Å². The second kappa shape index (κ2) is 4.00. The number of carbonyl (C=O) groups is 1. The van der Waals surface area contributed by atoms with E-state index < -0.39 is 5.97 Å². The lowest BCUT2D eigenvalue weighted by Gasteiger charge is -2.16. The van der Waals surface area contributed by atoms with Crippen LogP contribution in [0.1, 0.15) is 10.4 Å². The van der Waals surface area contributed by atoms with Crippen molar-refractivity contribution in [1.82, 2.24) is 5.01 Å². The molecule has 1 aromatic rings. The Kier molecular flexibility index (Phi) is 2.53. The molecule has 0 saturated carbocycles. The Balaban J connectivity index is 2.10. The molecule has 0 spiro atoms. The average Bonchev–Trinajstić information content (AvgIpc) is 2.71. The van der Waals surface area contributed by atoms with Gasteiger partial charge >= 0.3 is 5.97 Å². The summed E-state index contributed by atoms with van der Waals surface area (Å²) in [5.41, 5.74) is 4.08. The molecule has 0 aliphatic carbocycles. The quantitative estimate of drug-likeness (QED) is 0.774. The molecule has 0 atom stereocenters. The van der Waals surface area contributed by atoms with Gasteiger partial charge in [0.1, 0.15) is 6.34 Å². The predicted octanol–water partition coefficient (Wildman–Crippen LogP) is 1.06. The summed E-state index contributed by atoms with van der Waals surface area (Å²) in [7, 11) is 0. The maximum atomic E-state index is 10.7. The number of rotatable bonds is 3. The molecule has 1 aliphatic rings. The van der Waals surface area contributed by atoms with Gasteiger partial charge in [0.05, 0.1) is 24.3 Å². The molecule has 1 heterocycles. The molecule has 0 unspecified atom stereocenters. The highest BCUT2D eigenvalue weighted by molar-refractivity contribution is 5.88. The summed E-state index contributed by atoms with van der Waals surface area (Å²) in [5, 5.41) is 10.6. The molecular weight excluding hydrogens is 194 g/mol. The molecule has 0 amide bonds. The maximum absolute atomic E-state index is 10.7. The van der Waals surface area contributed by atoms with Crippen LogP contribution < -0.4 is 5.43 Å². The number of aromatic carboxylic acids is 1. The molecule has 0 bridgehead atoms. The topological polar surface area (TPSA) is 64.9 Å². The van der Waals surface area contributed by atoms with Crippen molar-refractivity contribution in [2.24, 2.45) is 4.99 Å². The highest BCUT2D eigenvalue weighted by Crippen LogP contribution is 2.11. The number of carboxylic acids is 1. The minimum absolute atomic E-state index is 0.274. The zero-order chi connectivity index (χ0) is 10.7. The van der Waals surface area contributed by atoms with Crippen molar-refractivity contribution in [3.63, 3.8) is 0 Å². The second-order valence-corrected chi connectivity index (χ2v) is 3.21. The Morgan fingerprint density at radius 2 is 2.40 bits per heavy atom. The lowest BCUT2D eigenvalue weighted by Crippen LogP contribution is -2.26. The van der Waals surface area contributed by atoms with Crippen LogP contribution in [-0.4, -0.2) is 35.5 Å². The Bertz CT molecular complexity index is 403. The predicted molar refractivity (Wildman–Crippen MR) is 57.1 cm³/mol. The van der Waals surface area contributed by atoms with Crippen molar-refractivity contribution in [3.8, 4) is 0 Å². The number of nitrogens with one attached hydrogen (secondary N) is 1. The van der Waals surface area contributed by atoms with Gasteiger partial charge in [-0.25, -0.2) is 4.79 Å². The van der Waals surface area contributed by atoms with Gasteiger partial charge < -0.3 is 5.11 Å². The third-order valence-electron chi connectivity index (χ3n) is 2.07. The molecule has 15 heavy (non-hydrogen) atoms. The summed E-state index contributed by atoms with van der Waals surface area (Å²) in [6, 6.07) is 6.68. The van der Waals surface area contributed by atoms with Crippen LogP contribution in [-0.2, 0) is 0 Å². The van der Waals surface area contributed by atoms with Crippen LogP contribution in [0.25, 0.3) is 0 Å². The minimum atomic E-state index is -0.922. The molecule has 0 aromatic heterocycles. The number of aliphatic imine (C=N–C) groups is 1. The third-order valence-corrected chi connectivity index (χ3v) is 2.07. The molecular formula is C10H11N3O2. The standard InChI is InChI=1S/C10H11N3O2/c14-10(15)8-2-1-3-9(6-8)12-13-5-4-11-7-13/h1-3,6-7,12H,4-5H2,(H,14,15).